The first-order valence-electron chi connectivity index (χ1n) is 5.47. The Labute approximate surface area is 100 Å². The SMILES string of the molecule is CCCNC(=NCc1ccccn1)NC(N)=O. The Bertz CT molecular complexity index is 377. The van der Waals surface area contributed by atoms with Crippen molar-refractivity contribution >= 4 is 12.0 Å². The molecule has 0 radical (unpaired) electrons. The third-order valence-electron chi connectivity index (χ3n) is 1.91. The second-order valence-corrected chi connectivity index (χ2v) is 3.40. The number of urea groups is 1. The predicted molar refractivity (Wildman–Crippen MR) is 66.4 cm³/mol. The predicted octanol–water partition coefficient (Wildman–Crippen LogP) is 0.606. The van der Waals surface area contributed by atoms with Gasteiger partial charge in [0.1, 0.15) is 0 Å². The Kier molecular flexibility index (Phi) is 5.50. The summed E-state index contributed by atoms with van der Waals surface area (Å²) in [6.07, 6.45) is 2.63. The lowest BCUT2D eigenvalue weighted by Gasteiger charge is -2.08. The van der Waals surface area contributed by atoms with E-state index in [1.54, 1.807) is 6.20 Å². The van der Waals surface area contributed by atoms with Gasteiger partial charge in [-0.2, -0.15) is 0 Å². The molecule has 17 heavy (non-hydrogen) atoms. The zero-order chi connectivity index (χ0) is 12.5. The number of carbonyl (C=O) groups is 1. The largest absolute Gasteiger partial charge is 0.356 e. The van der Waals surface area contributed by atoms with Gasteiger partial charge in [-0.25, -0.2) is 9.79 Å². The Morgan fingerprint density at radius 2 is 2.35 bits per heavy atom. The van der Waals surface area contributed by atoms with Crippen LogP contribution in [0.1, 0.15) is 19.0 Å². The van der Waals surface area contributed by atoms with Crippen molar-refractivity contribution in [2.75, 3.05) is 6.54 Å². The lowest BCUT2D eigenvalue weighted by Crippen LogP contribution is -2.43. The molecule has 2 amide bonds. The molecular formula is C11H17N5O. The number of aliphatic imine (C=N–C) groups is 1. The van der Waals surface area contributed by atoms with E-state index in [0.717, 1.165) is 18.7 Å². The maximum Gasteiger partial charge on any atom is 0.318 e. The highest BCUT2D eigenvalue weighted by Crippen LogP contribution is 1.95. The first-order valence-corrected chi connectivity index (χ1v) is 5.47. The Balaban J connectivity index is 2.58. The standard InChI is InChI=1S/C11H17N5O/c1-2-6-14-11(16-10(12)17)15-8-9-5-3-4-7-13-9/h3-5,7H,2,6,8H2,1H3,(H4,12,14,15,16,17). The zero-order valence-corrected chi connectivity index (χ0v) is 9.81. The molecule has 1 heterocycles. The zero-order valence-electron chi connectivity index (χ0n) is 9.81. The van der Waals surface area contributed by atoms with E-state index < -0.39 is 6.03 Å². The molecule has 0 aliphatic carbocycles. The van der Waals surface area contributed by atoms with E-state index in [9.17, 15) is 4.79 Å². The van der Waals surface area contributed by atoms with E-state index in [0.29, 0.717) is 12.5 Å². The number of rotatable bonds is 4. The number of pyridine rings is 1. The Morgan fingerprint density at radius 3 is 2.94 bits per heavy atom. The molecule has 0 spiro atoms. The lowest BCUT2D eigenvalue weighted by atomic mass is 10.3. The van der Waals surface area contributed by atoms with Gasteiger partial charge in [0.2, 0.25) is 0 Å². The summed E-state index contributed by atoms with van der Waals surface area (Å²) < 4.78 is 0. The van der Waals surface area contributed by atoms with Crippen LogP contribution >= 0.6 is 0 Å². The number of hydrogen-bond acceptors (Lipinski definition) is 3. The van der Waals surface area contributed by atoms with Crippen LogP contribution in [0, 0.1) is 0 Å². The average Bonchev–Trinajstić information content (AvgIpc) is 2.33. The molecule has 0 aliphatic rings. The molecule has 0 unspecified atom stereocenters. The van der Waals surface area contributed by atoms with Crippen molar-refractivity contribution in [1.82, 2.24) is 15.6 Å². The van der Waals surface area contributed by atoms with Crippen LogP contribution in [-0.2, 0) is 6.54 Å². The van der Waals surface area contributed by atoms with Gasteiger partial charge in [0.05, 0.1) is 12.2 Å². The molecule has 92 valence electrons. The van der Waals surface area contributed by atoms with E-state index >= 15 is 0 Å². The summed E-state index contributed by atoms with van der Waals surface area (Å²) in [5.74, 6) is 0.380. The summed E-state index contributed by atoms with van der Waals surface area (Å²) in [4.78, 5) is 19.1. The summed E-state index contributed by atoms with van der Waals surface area (Å²) in [5, 5.41) is 5.42. The van der Waals surface area contributed by atoms with E-state index in [1.807, 2.05) is 25.1 Å². The first kappa shape index (κ1) is 13.0. The molecule has 0 fully saturated rings. The number of nitrogens with two attached hydrogens (primary N) is 1. The maximum absolute atomic E-state index is 10.8. The first-order chi connectivity index (χ1) is 8.22. The fourth-order valence-electron chi connectivity index (χ4n) is 1.15. The lowest BCUT2D eigenvalue weighted by molar-refractivity contribution is 0.253. The number of primary amides is 1. The third kappa shape index (κ3) is 5.50. The van der Waals surface area contributed by atoms with Gasteiger partial charge in [0, 0.05) is 12.7 Å². The second kappa shape index (κ2) is 7.21. The molecule has 0 bridgehead atoms. The third-order valence-corrected chi connectivity index (χ3v) is 1.91. The van der Waals surface area contributed by atoms with Gasteiger partial charge in [0.15, 0.2) is 5.96 Å². The van der Waals surface area contributed by atoms with Gasteiger partial charge >= 0.3 is 6.03 Å². The average molecular weight is 235 g/mol. The fraction of sp³-hybridized carbons (Fsp3) is 0.364. The molecule has 1 aromatic rings. The summed E-state index contributed by atoms with van der Waals surface area (Å²) in [5.41, 5.74) is 5.88. The van der Waals surface area contributed by atoms with Crippen molar-refractivity contribution < 1.29 is 4.79 Å². The van der Waals surface area contributed by atoms with Gasteiger partial charge in [-0.3, -0.25) is 10.3 Å². The number of nitrogens with one attached hydrogen (secondary N) is 2. The van der Waals surface area contributed by atoms with Crippen LogP contribution in [0.25, 0.3) is 0 Å². The van der Waals surface area contributed by atoms with Crippen molar-refractivity contribution in [3.63, 3.8) is 0 Å². The van der Waals surface area contributed by atoms with Gasteiger partial charge in [-0.05, 0) is 18.6 Å². The number of carbonyl (C=O) groups excluding carboxylic acids is 1. The summed E-state index contributed by atoms with van der Waals surface area (Å²) in [6.45, 7) is 3.14. The molecule has 0 aliphatic heterocycles. The fourth-order valence-corrected chi connectivity index (χ4v) is 1.15. The molecule has 0 atom stereocenters. The smallest absolute Gasteiger partial charge is 0.318 e. The van der Waals surface area contributed by atoms with Crippen molar-refractivity contribution in [1.29, 1.82) is 0 Å². The van der Waals surface area contributed by atoms with Crippen molar-refractivity contribution in [2.24, 2.45) is 10.7 Å². The van der Waals surface area contributed by atoms with Gasteiger partial charge in [0.25, 0.3) is 0 Å². The molecule has 1 rings (SSSR count). The number of nitrogens with zero attached hydrogens (tertiary/aromatic N) is 2. The molecule has 0 saturated heterocycles. The van der Waals surface area contributed by atoms with Gasteiger partial charge < -0.3 is 11.1 Å². The minimum Gasteiger partial charge on any atom is -0.356 e. The Hall–Kier alpha value is -2.11. The molecule has 6 nitrogen and oxygen atoms in total. The van der Waals surface area contributed by atoms with Crippen molar-refractivity contribution in [3.8, 4) is 0 Å². The molecule has 1 aromatic heterocycles. The quantitative estimate of drug-likeness (QED) is 0.527. The minimum absolute atomic E-state index is 0.380. The van der Waals surface area contributed by atoms with Gasteiger partial charge in [-0.1, -0.05) is 13.0 Å². The van der Waals surface area contributed by atoms with Gasteiger partial charge in [-0.15, -0.1) is 0 Å². The summed E-state index contributed by atoms with van der Waals surface area (Å²) >= 11 is 0. The topological polar surface area (TPSA) is 92.4 Å². The highest BCUT2D eigenvalue weighted by Gasteiger charge is 2.00. The van der Waals surface area contributed by atoms with Crippen LogP contribution in [0.2, 0.25) is 0 Å². The number of hydrogen-bond donors (Lipinski definition) is 3. The van der Waals surface area contributed by atoms with Crippen LogP contribution in [-0.4, -0.2) is 23.5 Å². The van der Waals surface area contributed by atoms with Crippen LogP contribution in [0.15, 0.2) is 29.4 Å². The molecule has 0 aromatic carbocycles. The second-order valence-electron chi connectivity index (χ2n) is 3.40. The van der Waals surface area contributed by atoms with E-state index in [4.69, 9.17) is 5.73 Å². The molecular weight excluding hydrogens is 218 g/mol. The van der Waals surface area contributed by atoms with Crippen molar-refractivity contribution in [3.05, 3.63) is 30.1 Å². The van der Waals surface area contributed by atoms with Crippen LogP contribution in [0.3, 0.4) is 0 Å². The highest BCUT2D eigenvalue weighted by molar-refractivity contribution is 5.95. The number of amides is 2. The minimum atomic E-state index is -0.631. The molecule has 0 saturated carbocycles. The van der Waals surface area contributed by atoms with Crippen LogP contribution in [0.5, 0.6) is 0 Å². The number of guanidine groups is 1. The normalized spacial score (nSPS) is 11.0. The van der Waals surface area contributed by atoms with E-state index in [-0.39, 0.29) is 0 Å². The summed E-state index contributed by atoms with van der Waals surface area (Å²) in [7, 11) is 0. The maximum atomic E-state index is 10.8. The van der Waals surface area contributed by atoms with Crippen molar-refractivity contribution in [2.45, 2.75) is 19.9 Å². The summed E-state index contributed by atoms with van der Waals surface area (Å²) in [6, 6.07) is 4.96. The highest BCUT2D eigenvalue weighted by atomic mass is 16.2. The molecule has 4 N–H and O–H groups in total. The molecule has 6 heteroatoms. The Morgan fingerprint density at radius 1 is 1.53 bits per heavy atom. The van der Waals surface area contributed by atoms with E-state index in [2.05, 4.69) is 20.6 Å². The van der Waals surface area contributed by atoms with E-state index in [1.165, 1.54) is 0 Å². The number of aromatic nitrogens is 1. The van der Waals surface area contributed by atoms with Crippen LogP contribution in [0.4, 0.5) is 4.79 Å². The van der Waals surface area contributed by atoms with Crippen LogP contribution < -0.4 is 16.4 Å². The monoisotopic (exact) mass is 235 g/mol.